The van der Waals surface area contributed by atoms with Crippen LogP contribution in [0.3, 0.4) is 0 Å². The Morgan fingerprint density at radius 1 is 1.17 bits per heavy atom. The topological polar surface area (TPSA) is 88.5 Å². The zero-order valence-corrected chi connectivity index (χ0v) is 15.2. The van der Waals surface area contributed by atoms with Crippen molar-refractivity contribution in [3.8, 4) is 5.88 Å². The number of imide groups is 1. The molecule has 0 spiro atoms. The molecule has 0 aromatic carbocycles. The van der Waals surface area contributed by atoms with Crippen LogP contribution in [0.5, 0.6) is 5.88 Å². The van der Waals surface area contributed by atoms with E-state index in [-0.39, 0.29) is 24.7 Å². The molecule has 2 aromatic rings. The van der Waals surface area contributed by atoms with E-state index in [1.165, 1.54) is 24.5 Å². The van der Waals surface area contributed by atoms with Crippen molar-refractivity contribution in [3.05, 3.63) is 43.0 Å². The summed E-state index contributed by atoms with van der Waals surface area (Å²) < 4.78 is 45.6. The average Bonchev–Trinajstić information content (AvgIpc) is 2.73. The molecule has 3 rings (SSSR count). The first kappa shape index (κ1) is 20.5. The fourth-order valence-electron chi connectivity index (χ4n) is 3.01. The van der Waals surface area contributed by atoms with Gasteiger partial charge in [-0.1, -0.05) is 6.07 Å². The molecule has 3 amide bonds. The van der Waals surface area contributed by atoms with Gasteiger partial charge in [-0.05, 0) is 31.4 Å². The number of hydrogen-bond acceptors (Lipinski definition) is 6. The molecule has 11 heteroatoms. The van der Waals surface area contributed by atoms with Crippen LogP contribution < -0.4 is 9.64 Å². The Balaban J connectivity index is 1.85. The first-order valence-corrected chi connectivity index (χ1v) is 8.88. The van der Waals surface area contributed by atoms with E-state index in [2.05, 4.69) is 15.0 Å². The van der Waals surface area contributed by atoms with Gasteiger partial charge in [-0.25, -0.2) is 24.6 Å². The van der Waals surface area contributed by atoms with Gasteiger partial charge in [-0.15, -0.1) is 0 Å². The smallest absolute Gasteiger partial charge is 0.408 e. The molecule has 1 saturated heterocycles. The number of likely N-dealkylation sites (tertiary alicyclic amines) is 1. The SMILES string of the molecule is O=C(COc1ccccn1)N(C(=O)N1CCCCC1C(F)(F)F)c1ccncn1. The normalized spacial score (nSPS) is 16.9. The lowest BCUT2D eigenvalue weighted by atomic mass is 10.0. The Labute approximate surface area is 164 Å². The van der Waals surface area contributed by atoms with Gasteiger partial charge < -0.3 is 9.64 Å². The molecule has 0 saturated carbocycles. The molecule has 154 valence electrons. The number of urea groups is 1. The number of halogens is 3. The summed E-state index contributed by atoms with van der Waals surface area (Å²) in [7, 11) is 0. The van der Waals surface area contributed by atoms with Crippen molar-refractivity contribution in [2.75, 3.05) is 18.1 Å². The van der Waals surface area contributed by atoms with E-state index in [1.54, 1.807) is 12.1 Å². The molecule has 2 aromatic heterocycles. The fraction of sp³-hybridized carbons (Fsp3) is 0.389. The fourth-order valence-corrected chi connectivity index (χ4v) is 3.01. The number of anilines is 1. The second kappa shape index (κ2) is 8.84. The molecule has 1 fully saturated rings. The van der Waals surface area contributed by atoms with Crippen LogP contribution in [-0.2, 0) is 4.79 Å². The minimum atomic E-state index is -4.60. The van der Waals surface area contributed by atoms with Crippen molar-refractivity contribution >= 4 is 17.8 Å². The highest BCUT2D eigenvalue weighted by atomic mass is 19.4. The van der Waals surface area contributed by atoms with Crippen molar-refractivity contribution in [2.24, 2.45) is 0 Å². The summed E-state index contributed by atoms with van der Waals surface area (Å²) in [6, 6.07) is 3.01. The molecule has 29 heavy (non-hydrogen) atoms. The molecule has 0 N–H and O–H groups in total. The minimum absolute atomic E-state index is 0.112. The van der Waals surface area contributed by atoms with Crippen LogP contribution in [0, 0.1) is 0 Å². The van der Waals surface area contributed by atoms with Crippen LogP contribution in [0.4, 0.5) is 23.8 Å². The molecular formula is C18H18F3N5O3. The van der Waals surface area contributed by atoms with E-state index in [0.717, 1.165) is 6.33 Å². The molecule has 8 nitrogen and oxygen atoms in total. The third-order valence-electron chi connectivity index (χ3n) is 4.34. The highest BCUT2D eigenvalue weighted by molar-refractivity contribution is 6.14. The van der Waals surface area contributed by atoms with E-state index in [9.17, 15) is 22.8 Å². The largest absolute Gasteiger partial charge is 0.468 e. The van der Waals surface area contributed by atoms with Gasteiger partial charge in [0.15, 0.2) is 6.61 Å². The lowest BCUT2D eigenvalue weighted by Gasteiger charge is -2.38. The Hall–Kier alpha value is -3.24. The van der Waals surface area contributed by atoms with Gasteiger partial charge in [0, 0.05) is 25.0 Å². The number of amides is 3. The van der Waals surface area contributed by atoms with Crippen molar-refractivity contribution in [3.63, 3.8) is 0 Å². The highest BCUT2D eigenvalue weighted by Gasteiger charge is 2.48. The van der Waals surface area contributed by atoms with Crippen LogP contribution in [0.25, 0.3) is 0 Å². The minimum Gasteiger partial charge on any atom is -0.468 e. The zero-order valence-electron chi connectivity index (χ0n) is 15.2. The molecule has 3 heterocycles. The zero-order chi connectivity index (χ0) is 20.9. The maximum atomic E-state index is 13.4. The summed E-state index contributed by atoms with van der Waals surface area (Å²) in [6.07, 6.45) is -0.221. The summed E-state index contributed by atoms with van der Waals surface area (Å²) in [5, 5.41) is 0. The molecular weight excluding hydrogens is 391 g/mol. The van der Waals surface area contributed by atoms with E-state index in [1.807, 2.05) is 0 Å². The number of piperidine rings is 1. The number of carbonyl (C=O) groups is 2. The predicted molar refractivity (Wildman–Crippen MR) is 95.0 cm³/mol. The second-order valence-electron chi connectivity index (χ2n) is 6.28. The average molecular weight is 409 g/mol. The number of hydrogen-bond donors (Lipinski definition) is 0. The molecule has 1 aliphatic rings. The van der Waals surface area contributed by atoms with Crippen LogP contribution in [-0.4, -0.2) is 57.2 Å². The van der Waals surface area contributed by atoms with Gasteiger partial charge in [0.2, 0.25) is 5.88 Å². The number of ether oxygens (including phenoxy) is 1. The molecule has 1 aliphatic heterocycles. The van der Waals surface area contributed by atoms with E-state index >= 15 is 0 Å². The predicted octanol–water partition coefficient (Wildman–Crippen LogP) is 2.82. The third-order valence-corrected chi connectivity index (χ3v) is 4.34. The standard InChI is InChI=1S/C18H18F3N5O3/c19-18(20,21)13-5-2-4-10-25(13)17(28)26(14-7-9-22-12-24-14)16(27)11-29-15-6-1-3-8-23-15/h1,3,6-9,12-13H,2,4-5,10-11H2. The number of carbonyl (C=O) groups excluding carboxylic acids is 2. The van der Waals surface area contributed by atoms with Gasteiger partial charge in [0.25, 0.3) is 5.91 Å². The number of aromatic nitrogens is 3. The Morgan fingerprint density at radius 3 is 2.66 bits per heavy atom. The Kier molecular flexibility index (Phi) is 6.25. The quantitative estimate of drug-likeness (QED) is 0.772. The summed E-state index contributed by atoms with van der Waals surface area (Å²) >= 11 is 0. The maximum absolute atomic E-state index is 13.4. The third kappa shape index (κ3) is 4.98. The van der Waals surface area contributed by atoms with Crippen molar-refractivity contribution < 1.29 is 27.5 Å². The monoisotopic (exact) mass is 409 g/mol. The van der Waals surface area contributed by atoms with Gasteiger partial charge in [-0.3, -0.25) is 4.79 Å². The molecule has 0 radical (unpaired) electrons. The molecule has 0 aliphatic carbocycles. The highest BCUT2D eigenvalue weighted by Crippen LogP contribution is 2.33. The summed E-state index contributed by atoms with van der Waals surface area (Å²) in [5.41, 5.74) is 0. The van der Waals surface area contributed by atoms with Crippen LogP contribution in [0.2, 0.25) is 0 Å². The van der Waals surface area contributed by atoms with Gasteiger partial charge in [0.1, 0.15) is 18.2 Å². The maximum Gasteiger partial charge on any atom is 0.408 e. The lowest BCUT2D eigenvalue weighted by molar-refractivity contribution is -0.182. The molecule has 1 unspecified atom stereocenters. The van der Waals surface area contributed by atoms with Crippen molar-refractivity contribution in [1.29, 1.82) is 0 Å². The first-order valence-electron chi connectivity index (χ1n) is 8.88. The lowest BCUT2D eigenvalue weighted by Crippen LogP contribution is -2.57. The van der Waals surface area contributed by atoms with Crippen LogP contribution in [0.15, 0.2) is 43.0 Å². The second-order valence-corrected chi connectivity index (χ2v) is 6.28. The Morgan fingerprint density at radius 2 is 2.00 bits per heavy atom. The number of pyridine rings is 1. The van der Waals surface area contributed by atoms with E-state index < -0.39 is 30.8 Å². The van der Waals surface area contributed by atoms with Gasteiger partial charge in [-0.2, -0.15) is 13.2 Å². The summed E-state index contributed by atoms with van der Waals surface area (Å²) in [5.74, 6) is -0.862. The van der Waals surface area contributed by atoms with E-state index in [0.29, 0.717) is 22.6 Å². The van der Waals surface area contributed by atoms with Gasteiger partial charge >= 0.3 is 12.2 Å². The number of alkyl halides is 3. The van der Waals surface area contributed by atoms with Crippen molar-refractivity contribution in [1.82, 2.24) is 19.9 Å². The van der Waals surface area contributed by atoms with Crippen molar-refractivity contribution in [2.45, 2.75) is 31.5 Å². The van der Waals surface area contributed by atoms with E-state index in [4.69, 9.17) is 4.74 Å². The summed E-state index contributed by atoms with van der Waals surface area (Å²) in [4.78, 5) is 38.5. The first-order chi connectivity index (χ1) is 13.9. The van der Waals surface area contributed by atoms with Crippen LogP contribution in [0.1, 0.15) is 19.3 Å². The number of nitrogens with zero attached hydrogens (tertiary/aromatic N) is 5. The molecule has 0 bridgehead atoms. The number of rotatable bonds is 4. The van der Waals surface area contributed by atoms with Crippen LogP contribution >= 0.6 is 0 Å². The Bertz CT molecular complexity index is 836. The van der Waals surface area contributed by atoms with Gasteiger partial charge in [0.05, 0.1) is 0 Å². The summed E-state index contributed by atoms with van der Waals surface area (Å²) in [6.45, 7) is -0.712. The molecule has 1 atom stereocenters.